The molecule has 3 heterocycles. The van der Waals surface area contributed by atoms with Crippen LogP contribution in [0.25, 0.3) is 0 Å². The van der Waals surface area contributed by atoms with Crippen molar-refractivity contribution in [1.82, 2.24) is 20.1 Å². The Kier molecular flexibility index (Phi) is 4.25. The highest BCUT2D eigenvalue weighted by Gasteiger charge is 2.22. The summed E-state index contributed by atoms with van der Waals surface area (Å²) in [4.78, 5) is 6.41. The van der Waals surface area contributed by atoms with Crippen LogP contribution in [0.4, 0.5) is 5.69 Å². The van der Waals surface area contributed by atoms with Crippen LogP contribution < -0.4 is 19.7 Å². The third kappa shape index (κ3) is 3.31. The molecule has 0 radical (unpaired) electrons. The van der Waals surface area contributed by atoms with Gasteiger partial charge in [-0.05, 0) is 31.9 Å². The first-order valence-corrected chi connectivity index (χ1v) is 8.51. The summed E-state index contributed by atoms with van der Waals surface area (Å²) in [5.74, 6) is 1.70. The lowest BCUT2D eigenvalue weighted by Crippen LogP contribution is -2.46. The van der Waals surface area contributed by atoms with Crippen LogP contribution in [0.1, 0.15) is 19.8 Å². The summed E-state index contributed by atoms with van der Waals surface area (Å²) in [5, 5.41) is 7.88. The van der Waals surface area contributed by atoms with Gasteiger partial charge in [0.2, 0.25) is 6.79 Å². The van der Waals surface area contributed by atoms with Crippen molar-refractivity contribution in [3.05, 3.63) is 30.9 Å². The molecular weight excluding hydrogens is 306 g/mol. The molecule has 24 heavy (non-hydrogen) atoms. The number of aromatic nitrogens is 3. The smallest absolute Gasteiger partial charge is 0.231 e. The number of fused-ring (bicyclic) bond motifs is 1. The van der Waals surface area contributed by atoms with Crippen molar-refractivity contribution < 1.29 is 9.47 Å². The molecule has 0 amide bonds. The molecular formula is C17H23N5O2. The molecule has 2 aromatic rings. The van der Waals surface area contributed by atoms with Crippen LogP contribution >= 0.6 is 0 Å². The van der Waals surface area contributed by atoms with Gasteiger partial charge in [-0.25, -0.2) is 4.98 Å². The fraction of sp³-hybridized carbons (Fsp3) is 0.529. The SMILES string of the molecule is CC(Cn1cncn1)NC1CCN(c2ccc3c(c2)OCO3)CC1. The third-order valence-corrected chi connectivity index (χ3v) is 4.66. The fourth-order valence-electron chi connectivity index (χ4n) is 3.45. The Morgan fingerprint density at radius 3 is 2.88 bits per heavy atom. The zero-order chi connectivity index (χ0) is 16.4. The number of benzene rings is 1. The number of piperidine rings is 1. The van der Waals surface area contributed by atoms with E-state index < -0.39 is 0 Å². The molecule has 2 aliphatic rings. The van der Waals surface area contributed by atoms with E-state index in [1.54, 1.807) is 12.7 Å². The summed E-state index contributed by atoms with van der Waals surface area (Å²) >= 11 is 0. The molecule has 1 saturated heterocycles. The Morgan fingerprint density at radius 1 is 1.25 bits per heavy atom. The first kappa shape index (κ1) is 15.3. The normalized spacial score (nSPS) is 18.8. The van der Waals surface area contributed by atoms with Gasteiger partial charge in [-0.2, -0.15) is 5.10 Å². The van der Waals surface area contributed by atoms with Crippen LogP contribution in [0, 0.1) is 0 Å². The lowest BCUT2D eigenvalue weighted by molar-refractivity contribution is 0.174. The number of anilines is 1. The van der Waals surface area contributed by atoms with E-state index in [1.165, 1.54) is 5.69 Å². The summed E-state index contributed by atoms with van der Waals surface area (Å²) in [7, 11) is 0. The van der Waals surface area contributed by atoms with Gasteiger partial charge in [0.1, 0.15) is 12.7 Å². The first-order valence-electron chi connectivity index (χ1n) is 8.51. The van der Waals surface area contributed by atoms with Gasteiger partial charge in [0.05, 0.1) is 6.54 Å². The van der Waals surface area contributed by atoms with Crippen molar-refractivity contribution in [1.29, 1.82) is 0 Å². The predicted octanol–water partition coefficient (Wildman–Crippen LogP) is 1.65. The monoisotopic (exact) mass is 329 g/mol. The number of nitrogens with one attached hydrogen (secondary N) is 1. The van der Waals surface area contributed by atoms with E-state index in [1.807, 2.05) is 10.7 Å². The van der Waals surface area contributed by atoms with E-state index in [9.17, 15) is 0 Å². The van der Waals surface area contributed by atoms with Gasteiger partial charge in [-0.1, -0.05) is 0 Å². The van der Waals surface area contributed by atoms with E-state index in [0.717, 1.165) is 44.0 Å². The van der Waals surface area contributed by atoms with Gasteiger partial charge >= 0.3 is 0 Å². The zero-order valence-corrected chi connectivity index (χ0v) is 13.9. The minimum absolute atomic E-state index is 0.328. The van der Waals surface area contributed by atoms with Crippen molar-refractivity contribution in [3.8, 4) is 11.5 Å². The highest BCUT2D eigenvalue weighted by molar-refractivity contribution is 5.57. The standard InChI is InChI=1S/C17H23N5O2/c1-13(9-22-11-18-10-19-22)20-14-4-6-21(7-5-14)15-2-3-16-17(8-15)24-12-23-16/h2-3,8,10-11,13-14,20H,4-7,9,12H2,1H3. The van der Waals surface area contributed by atoms with E-state index in [-0.39, 0.29) is 0 Å². The van der Waals surface area contributed by atoms with Gasteiger partial charge in [0.25, 0.3) is 0 Å². The number of rotatable bonds is 5. The van der Waals surface area contributed by atoms with Gasteiger partial charge in [-0.3, -0.25) is 4.68 Å². The molecule has 1 aromatic carbocycles. The summed E-state index contributed by atoms with van der Waals surface area (Å²) in [6, 6.07) is 7.14. The molecule has 4 rings (SSSR count). The summed E-state index contributed by atoms with van der Waals surface area (Å²) in [6.45, 7) is 5.48. The number of hydrogen-bond donors (Lipinski definition) is 1. The van der Waals surface area contributed by atoms with Crippen LogP contribution in [0.3, 0.4) is 0 Å². The molecule has 1 aromatic heterocycles. The maximum absolute atomic E-state index is 5.48. The van der Waals surface area contributed by atoms with Crippen LogP contribution in [-0.2, 0) is 6.54 Å². The molecule has 1 N–H and O–H groups in total. The summed E-state index contributed by atoms with van der Waals surface area (Å²) in [6.07, 6.45) is 5.61. The molecule has 0 aliphatic carbocycles. The van der Waals surface area contributed by atoms with Crippen molar-refractivity contribution in [3.63, 3.8) is 0 Å². The Bertz CT molecular complexity index is 668. The summed E-state index contributed by atoms with van der Waals surface area (Å²) in [5.41, 5.74) is 1.22. The van der Waals surface area contributed by atoms with Gasteiger partial charge in [0, 0.05) is 36.9 Å². The molecule has 7 heteroatoms. The fourth-order valence-corrected chi connectivity index (χ4v) is 3.45. The molecule has 0 bridgehead atoms. The molecule has 1 unspecified atom stereocenters. The summed E-state index contributed by atoms with van der Waals surface area (Å²) < 4.78 is 12.7. The molecule has 0 spiro atoms. The van der Waals surface area contributed by atoms with Crippen molar-refractivity contribution >= 4 is 5.69 Å². The Balaban J connectivity index is 1.29. The second-order valence-corrected chi connectivity index (χ2v) is 6.48. The van der Waals surface area contributed by atoms with Gasteiger partial charge < -0.3 is 19.7 Å². The van der Waals surface area contributed by atoms with Gasteiger partial charge in [-0.15, -0.1) is 0 Å². The van der Waals surface area contributed by atoms with Crippen molar-refractivity contribution in [2.75, 3.05) is 24.8 Å². The average Bonchev–Trinajstić information content (AvgIpc) is 3.26. The molecule has 128 valence electrons. The molecule has 0 saturated carbocycles. The number of hydrogen-bond acceptors (Lipinski definition) is 6. The quantitative estimate of drug-likeness (QED) is 0.900. The zero-order valence-electron chi connectivity index (χ0n) is 13.9. The number of nitrogens with zero attached hydrogens (tertiary/aromatic N) is 4. The van der Waals surface area contributed by atoms with E-state index >= 15 is 0 Å². The largest absolute Gasteiger partial charge is 0.454 e. The third-order valence-electron chi connectivity index (χ3n) is 4.66. The van der Waals surface area contributed by atoms with Crippen LogP contribution in [0.2, 0.25) is 0 Å². The highest BCUT2D eigenvalue weighted by Crippen LogP contribution is 2.36. The second-order valence-electron chi connectivity index (χ2n) is 6.48. The van der Waals surface area contributed by atoms with Gasteiger partial charge in [0.15, 0.2) is 11.5 Å². The maximum atomic E-state index is 5.48. The Hall–Kier alpha value is -2.28. The van der Waals surface area contributed by atoms with E-state index in [2.05, 4.69) is 39.4 Å². The molecule has 2 aliphatic heterocycles. The van der Waals surface area contributed by atoms with E-state index in [0.29, 0.717) is 18.9 Å². The minimum Gasteiger partial charge on any atom is -0.454 e. The van der Waals surface area contributed by atoms with Crippen molar-refractivity contribution in [2.24, 2.45) is 0 Å². The Morgan fingerprint density at radius 2 is 2.08 bits per heavy atom. The predicted molar refractivity (Wildman–Crippen MR) is 90.4 cm³/mol. The average molecular weight is 329 g/mol. The molecule has 1 atom stereocenters. The lowest BCUT2D eigenvalue weighted by Gasteiger charge is -2.35. The highest BCUT2D eigenvalue weighted by atomic mass is 16.7. The Labute approximate surface area is 141 Å². The second kappa shape index (κ2) is 6.68. The van der Waals surface area contributed by atoms with Crippen LogP contribution in [-0.4, -0.2) is 46.7 Å². The lowest BCUT2D eigenvalue weighted by atomic mass is 10.0. The maximum Gasteiger partial charge on any atom is 0.231 e. The molecule has 1 fully saturated rings. The van der Waals surface area contributed by atoms with Crippen molar-refractivity contribution in [2.45, 2.75) is 38.4 Å². The minimum atomic E-state index is 0.328. The number of ether oxygens (including phenoxy) is 2. The first-order chi connectivity index (χ1) is 11.8. The topological polar surface area (TPSA) is 64.4 Å². The molecule has 7 nitrogen and oxygen atoms in total. The van der Waals surface area contributed by atoms with Crippen LogP contribution in [0.5, 0.6) is 11.5 Å². The van der Waals surface area contributed by atoms with Crippen LogP contribution in [0.15, 0.2) is 30.9 Å². The van der Waals surface area contributed by atoms with E-state index in [4.69, 9.17) is 9.47 Å².